The summed E-state index contributed by atoms with van der Waals surface area (Å²) in [4.78, 5) is 2.40. The number of ether oxygens (including phenoxy) is 1. The molecule has 22 heavy (non-hydrogen) atoms. The molecule has 3 rings (SSSR count). The van der Waals surface area contributed by atoms with Crippen LogP contribution in [-0.4, -0.2) is 48.5 Å². The second-order valence-corrected chi connectivity index (χ2v) is 9.27. The van der Waals surface area contributed by atoms with Crippen LogP contribution in [0.1, 0.15) is 59.8 Å². The van der Waals surface area contributed by atoms with Crippen LogP contribution in [0.2, 0.25) is 0 Å². The predicted octanol–water partition coefficient (Wildman–Crippen LogP) is 3.31. The van der Waals surface area contributed by atoms with Crippen LogP contribution < -0.4 is 0 Å². The van der Waals surface area contributed by atoms with E-state index in [1.54, 1.807) is 0 Å². The molecular weight excluding hydrogens is 274 g/mol. The molecule has 1 heterocycles. The predicted molar refractivity (Wildman–Crippen MR) is 89.8 cm³/mol. The Morgan fingerprint density at radius 2 is 1.86 bits per heavy atom. The van der Waals surface area contributed by atoms with Gasteiger partial charge in [0.1, 0.15) is 0 Å². The Morgan fingerprint density at radius 3 is 2.45 bits per heavy atom. The summed E-state index contributed by atoms with van der Waals surface area (Å²) in [6, 6.07) is 0. The van der Waals surface area contributed by atoms with Crippen molar-refractivity contribution in [2.45, 2.75) is 72.0 Å². The van der Waals surface area contributed by atoms with Gasteiger partial charge in [-0.1, -0.05) is 27.7 Å². The average Bonchev–Trinajstić information content (AvgIpc) is 2.92. The summed E-state index contributed by atoms with van der Waals surface area (Å²) in [7, 11) is 0. The highest BCUT2D eigenvalue weighted by Gasteiger charge is 2.60. The summed E-state index contributed by atoms with van der Waals surface area (Å²) in [5.41, 5.74) is 0.613. The van der Waals surface area contributed by atoms with Crippen LogP contribution in [0.25, 0.3) is 0 Å². The minimum absolute atomic E-state index is 0.271. The molecule has 2 bridgehead atoms. The molecule has 0 unspecified atom stereocenters. The van der Waals surface area contributed by atoms with E-state index < -0.39 is 0 Å². The third kappa shape index (κ3) is 3.09. The molecule has 2 aliphatic carbocycles. The van der Waals surface area contributed by atoms with E-state index in [1.165, 1.54) is 32.1 Å². The molecule has 128 valence electrons. The Balaban J connectivity index is 1.48. The average molecular weight is 309 g/mol. The first kappa shape index (κ1) is 16.7. The van der Waals surface area contributed by atoms with Crippen LogP contribution in [-0.2, 0) is 4.74 Å². The van der Waals surface area contributed by atoms with Gasteiger partial charge in [0.15, 0.2) is 0 Å². The van der Waals surface area contributed by atoms with Gasteiger partial charge in [-0.25, -0.2) is 0 Å². The summed E-state index contributed by atoms with van der Waals surface area (Å²) in [6.45, 7) is 13.0. The van der Waals surface area contributed by atoms with Gasteiger partial charge < -0.3 is 14.7 Å². The molecule has 4 atom stereocenters. The second kappa shape index (κ2) is 6.07. The molecular formula is C19H35NO2. The van der Waals surface area contributed by atoms with Crippen LogP contribution in [0, 0.1) is 22.7 Å². The highest BCUT2D eigenvalue weighted by Crippen LogP contribution is 2.63. The Kier molecular flexibility index (Phi) is 4.61. The fraction of sp³-hybridized carbons (Fsp3) is 1.00. The number of aliphatic hydroxyl groups excluding tert-OH is 1. The number of likely N-dealkylation sites (tertiary alicyclic amines) is 1. The first-order valence-electron chi connectivity index (χ1n) is 9.33. The Labute approximate surface area is 136 Å². The molecule has 1 aliphatic heterocycles. The standard InChI is InChI=1S/C19H35NO2/c1-14-6-9-20(10-7-14)12-16(21)13-22-17-18(2,3)15-5-8-19(17,4)11-15/h14-17,21H,5-13H2,1-4H3/t15-,16-,17+,19-/m1/s1. The first-order valence-corrected chi connectivity index (χ1v) is 9.33. The normalized spacial score (nSPS) is 40.2. The maximum atomic E-state index is 10.4. The van der Waals surface area contributed by atoms with Gasteiger partial charge in [0, 0.05) is 6.54 Å². The molecule has 0 aromatic heterocycles. The van der Waals surface area contributed by atoms with Gasteiger partial charge in [-0.3, -0.25) is 0 Å². The van der Waals surface area contributed by atoms with E-state index in [0.29, 0.717) is 18.1 Å². The van der Waals surface area contributed by atoms with Gasteiger partial charge in [-0.2, -0.15) is 0 Å². The van der Waals surface area contributed by atoms with Crippen LogP contribution in [0.5, 0.6) is 0 Å². The highest BCUT2D eigenvalue weighted by atomic mass is 16.5. The molecule has 3 nitrogen and oxygen atoms in total. The van der Waals surface area contributed by atoms with Crippen LogP contribution in [0.4, 0.5) is 0 Å². The lowest BCUT2D eigenvalue weighted by Crippen LogP contribution is -2.45. The lowest BCUT2D eigenvalue weighted by atomic mass is 9.70. The molecule has 3 fully saturated rings. The molecule has 0 amide bonds. The number of aliphatic hydroxyl groups is 1. The Bertz CT molecular complexity index is 384. The molecule has 0 aromatic rings. The topological polar surface area (TPSA) is 32.7 Å². The molecule has 3 aliphatic rings. The van der Waals surface area contributed by atoms with Crippen molar-refractivity contribution < 1.29 is 9.84 Å². The van der Waals surface area contributed by atoms with Gasteiger partial charge in [0.05, 0.1) is 18.8 Å². The van der Waals surface area contributed by atoms with Crippen molar-refractivity contribution in [1.29, 1.82) is 0 Å². The number of nitrogens with zero attached hydrogens (tertiary/aromatic N) is 1. The van der Waals surface area contributed by atoms with E-state index in [2.05, 4.69) is 32.6 Å². The van der Waals surface area contributed by atoms with Crippen molar-refractivity contribution in [2.75, 3.05) is 26.2 Å². The van der Waals surface area contributed by atoms with Crippen LogP contribution in [0.3, 0.4) is 0 Å². The summed E-state index contributed by atoms with van der Waals surface area (Å²) in [5, 5.41) is 10.4. The minimum atomic E-state index is -0.341. The summed E-state index contributed by atoms with van der Waals surface area (Å²) >= 11 is 0. The van der Waals surface area contributed by atoms with Gasteiger partial charge in [-0.15, -0.1) is 0 Å². The third-order valence-corrected chi connectivity index (χ3v) is 6.94. The van der Waals surface area contributed by atoms with E-state index >= 15 is 0 Å². The summed E-state index contributed by atoms with van der Waals surface area (Å²) in [5.74, 6) is 1.66. The first-order chi connectivity index (χ1) is 10.3. The molecule has 2 saturated carbocycles. The highest BCUT2D eigenvalue weighted by molar-refractivity contribution is 5.09. The monoisotopic (exact) mass is 309 g/mol. The van der Waals surface area contributed by atoms with Crippen molar-refractivity contribution >= 4 is 0 Å². The van der Waals surface area contributed by atoms with E-state index in [1.807, 2.05) is 0 Å². The molecule has 0 radical (unpaired) electrons. The quantitative estimate of drug-likeness (QED) is 0.846. The summed E-state index contributed by atoms with van der Waals surface area (Å²) < 4.78 is 6.30. The van der Waals surface area contributed by atoms with Crippen molar-refractivity contribution in [1.82, 2.24) is 4.90 Å². The van der Waals surface area contributed by atoms with Crippen molar-refractivity contribution in [3.63, 3.8) is 0 Å². The SMILES string of the molecule is CC1CCN(C[C@@H](O)CO[C@H]2C(C)(C)[C@@H]3CC[C@]2(C)C3)CC1. The minimum Gasteiger partial charge on any atom is -0.389 e. The van der Waals surface area contributed by atoms with E-state index in [9.17, 15) is 5.11 Å². The lowest BCUT2D eigenvalue weighted by Gasteiger charge is -2.42. The van der Waals surface area contributed by atoms with E-state index in [-0.39, 0.29) is 11.5 Å². The zero-order chi connectivity index (χ0) is 16.0. The van der Waals surface area contributed by atoms with Crippen LogP contribution >= 0.6 is 0 Å². The van der Waals surface area contributed by atoms with E-state index in [0.717, 1.165) is 31.5 Å². The van der Waals surface area contributed by atoms with Crippen molar-refractivity contribution in [3.8, 4) is 0 Å². The van der Waals surface area contributed by atoms with E-state index in [4.69, 9.17) is 4.74 Å². The van der Waals surface area contributed by atoms with Crippen LogP contribution in [0.15, 0.2) is 0 Å². The number of hydrogen-bond acceptors (Lipinski definition) is 3. The van der Waals surface area contributed by atoms with Gasteiger partial charge in [-0.05, 0) is 67.9 Å². The smallest absolute Gasteiger partial charge is 0.0900 e. The maximum Gasteiger partial charge on any atom is 0.0900 e. The molecule has 1 saturated heterocycles. The number of β-amino-alcohol motifs (C(OH)–C–C–N with tert-alkyl or cyclic N) is 1. The zero-order valence-electron chi connectivity index (χ0n) is 15.0. The fourth-order valence-corrected chi connectivity index (χ4v) is 5.48. The number of fused-ring (bicyclic) bond motifs is 2. The number of piperidine rings is 1. The second-order valence-electron chi connectivity index (χ2n) is 9.27. The van der Waals surface area contributed by atoms with Crippen molar-refractivity contribution in [3.05, 3.63) is 0 Å². The maximum absolute atomic E-state index is 10.4. The third-order valence-electron chi connectivity index (χ3n) is 6.94. The number of rotatable bonds is 5. The van der Waals surface area contributed by atoms with Crippen molar-refractivity contribution in [2.24, 2.45) is 22.7 Å². The van der Waals surface area contributed by atoms with Gasteiger partial charge in [0.25, 0.3) is 0 Å². The molecule has 0 spiro atoms. The molecule has 3 heteroatoms. The lowest BCUT2D eigenvalue weighted by molar-refractivity contribution is -0.114. The Morgan fingerprint density at radius 1 is 1.18 bits per heavy atom. The largest absolute Gasteiger partial charge is 0.389 e. The summed E-state index contributed by atoms with van der Waals surface area (Å²) in [6.07, 6.45) is 6.47. The van der Waals surface area contributed by atoms with Gasteiger partial charge in [0.2, 0.25) is 0 Å². The Hall–Kier alpha value is -0.120. The zero-order valence-corrected chi connectivity index (χ0v) is 15.0. The molecule has 1 N–H and O–H groups in total. The fourth-order valence-electron chi connectivity index (χ4n) is 5.48. The van der Waals surface area contributed by atoms with Gasteiger partial charge >= 0.3 is 0 Å². The number of hydrogen-bond donors (Lipinski definition) is 1. The molecule has 0 aromatic carbocycles.